The number of hydrogen-bond acceptors (Lipinski definition) is 4. The second-order valence-corrected chi connectivity index (χ2v) is 7.60. The lowest BCUT2D eigenvalue weighted by Crippen LogP contribution is -2.34. The van der Waals surface area contributed by atoms with Crippen molar-refractivity contribution < 1.29 is 14.3 Å². The quantitative estimate of drug-likeness (QED) is 0.487. The largest absolute Gasteiger partial charge is 0.493 e. The van der Waals surface area contributed by atoms with Crippen LogP contribution >= 0.6 is 28.1 Å². The van der Waals surface area contributed by atoms with Gasteiger partial charge in [0.05, 0.1) is 12.2 Å². The predicted molar refractivity (Wildman–Crippen MR) is 124 cm³/mol. The lowest BCUT2D eigenvalue weighted by Gasteiger charge is -2.16. The molecule has 6 nitrogen and oxygen atoms in total. The van der Waals surface area contributed by atoms with E-state index in [1.165, 1.54) is 0 Å². The van der Waals surface area contributed by atoms with E-state index in [-0.39, 0.29) is 16.9 Å². The summed E-state index contributed by atoms with van der Waals surface area (Å²) in [6, 6.07) is 10.7. The van der Waals surface area contributed by atoms with Crippen molar-refractivity contribution in [1.82, 2.24) is 5.32 Å². The number of halogens is 1. The lowest BCUT2D eigenvalue weighted by molar-refractivity contribution is -0.115. The van der Waals surface area contributed by atoms with E-state index in [4.69, 9.17) is 17.0 Å². The summed E-state index contributed by atoms with van der Waals surface area (Å²) in [6.07, 6.45) is 1.22. The van der Waals surface area contributed by atoms with E-state index in [2.05, 4.69) is 31.9 Å². The Labute approximate surface area is 184 Å². The standard InChI is InChI=1S/C21H24BrN3O3S/c1-4-11-28-18-10-9-14(22)12-15(18)20(27)25-21(29)24-17-8-6-7-16(13(17)3)23-19(26)5-2/h6-10,12H,4-5,11H2,1-3H3,(H,23,26)(H2,24,25,27,29). The fourth-order valence-corrected chi connectivity index (χ4v) is 3.05. The van der Waals surface area contributed by atoms with E-state index >= 15 is 0 Å². The maximum absolute atomic E-state index is 12.7. The van der Waals surface area contributed by atoms with Crippen molar-refractivity contribution in [3.8, 4) is 5.75 Å². The first-order valence-corrected chi connectivity index (χ1v) is 10.5. The fraction of sp³-hybridized carbons (Fsp3) is 0.286. The van der Waals surface area contributed by atoms with Crippen molar-refractivity contribution in [2.24, 2.45) is 0 Å². The maximum Gasteiger partial charge on any atom is 0.261 e. The molecule has 0 aromatic heterocycles. The predicted octanol–water partition coefficient (Wildman–Crippen LogP) is 5.02. The number of amides is 2. The van der Waals surface area contributed by atoms with Crippen LogP contribution in [0.15, 0.2) is 40.9 Å². The molecule has 154 valence electrons. The summed E-state index contributed by atoms with van der Waals surface area (Å²) < 4.78 is 6.42. The SMILES string of the molecule is CCCOc1ccc(Br)cc1C(=O)NC(=S)Nc1cccc(NC(=O)CC)c1C. The molecule has 3 N–H and O–H groups in total. The van der Waals surface area contributed by atoms with Gasteiger partial charge in [0.25, 0.3) is 5.91 Å². The molecule has 2 aromatic carbocycles. The van der Waals surface area contributed by atoms with Gasteiger partial charge in [0.1, 0.15) is 5.75 Å². The molecule has 2 rings (SSSR count). The number of hydrogen-bond donors (Lipinski definition) is 3. The zero-order chi connectivity index (χ0) is 21.4. The van der Waals surface area contributed by atoms with Gasteiger partial charge in [0.15, 0.2) is 5.11 Å². The zero-order valence-electron chi connectivity index (χ0n) is 16.6. The van der Waals surface area contributed by atoms with Crippen LogP contribution in [-0.4, -0.2) is 23.5 Å². The Morgan fingerprint density at radius 3 is 2.45 bits per heavy atom. The van der Waals surface area contributed by atoms with Crippen LogP contribution in [0.1, 0.15) is 42.6 Å². The Hall–Kier alpha value is -2.45. The van der Waals surface area contributed by atoms with E-state index in [1.54, 1.807) is 25.1 Å². The highest BCUT2D eigenvalue weighted by molar-refractivity contribution is 9.10. The third-order valence-corrected chi connectivity index (χ3v) is 4.75. The van der Waals surface area contributed by atoms with E-state index < -0.39 is 0 Å². The molecule has 0 saturated carbocycles. The average molecular weight is 478 g/mol. The Balaban J connectivity index is 2.12. The van der Waals surface area contributed by atoms with Crippen LogP contribution in [0.4, 0.5) is 11.4 Å². The van der Waals surface area contributed by atoms with Crippen molar-refractivity contribution in [2.45, 2.75) is 33.6 Å². The van der Waals surface area contributed by atoms with Crippen LogP contribution in [0.25, 0.3) is 0 Å². The highest BCUT2D eigenvalue weighted by Gasteiger charge is 2.15. The molecule has 0 unspecified atom stereocenters. The summed E-state index contributed by atoms with van der Waals surface area (Å²) in [5.41, 5.74) is 2.59. The number of rotatable bonds is 7. The highest BCUT2D eigenvalue weighted by Crippen LogP contribution is 2.25. The second kappa shape index (κ2) is 10.9. The number of carbonyl (C=O) groups is 2. The van der Waals surface area contributed by atoms with Gasteiger partial charge in [-0.2, -0.15) is 0 Å². The van der Waals surface area contributed by atoms with E-state index in [1.807, 2.05) is 32.0 Å². The van der Waals surface area contributed by atoms with Gasteiger partial charge in [-0.3, -0.25) is 14.9 Å². The molecule has 0 aliphatic rings. The molecular formula is C21H24BrN3O3S. The Bertz CT molecular complexity index is 918. The van der Waals surface area contributed by atoms with Crippen LogP contribution in [0, 0.1) is 6.92 Å². The summed E-state index contributed by atoms with van der Waals surface area (Å²) >= 11 is 8.68. The molecule has 8 heteroatoms. The van der Waals surface area contributed by atoms with Crippen LogP contribution in [0.3, 0.4) is 0 Å². The Morgan fingerprint density at radius 2 is 1.79 bits per heavy atom. The monoisotopic (exact) mass is 477 g/mol. The zero-order valence-corrected chi connectivity index (χ0v) is 19.0. The Morgan fingerprint density at radius 1 is 1.10 bits per heavy atom. The third kappa shape index (κ3) is 6.54. The van der Waals surface area contributed by atoms with Gasteiger partial charge in [-0.05, 0) is 61.5 Å². The summed E-state index contributed by atoms with van der Waals surface area (Å²) in [5, 5.41) is 8.69. The van der Waals surface area contributed by atoms with E-state index in [9.17, 15) is 9.59 Å². The lowest BCUT2D eigenvalue weighted by atomic mass is 10.1. The van der Waals surface area contributed by atoms with Gasteiger partial charge in [-0.25, -0.2) is 0 Å². The summed E-state index contributed by atoms with van der Waals surface area (Å²) in [5.74, 6) is 0.0502. The molecule has 0 aliphatic heterocycles. The number of anilines is 2. The van der Waals surface area contributed by atoms with E-state index in [0.717, 1.165) is 16.5 Å². The third-order valence-electron chi connectivity index (χ3n) is 4.05. The molecule has 0 atom stereocenters. The number of ether oxygens (including phenoxy) is 1. The van der Waals surface area contributed by atoms with Crippen molar-refractivity contribution in [2.75, 3.05) is 17.2 Å². The van der Waals surface area contributed by atoms with Gasteiger partial charge >= 0.3 is 0 Å². The topological polar surface area (TPSA) is 79.5 Å². The second-order valence-electron chi connectivity index (χ2n) is 6.28. The van der Waals surface area contributed by atoms with E-state index in [0.29, 0.717) is 35.7 Å². The van der Waals surface area contributed by atoms with Gasteiger partial charge in [0.2, 0.25) is 5.91 Å². The number of carbonyl (C=O) groups excluding carboxylic acids is 2. The first-order valence-electron chi connectivity index (χ1n) is 9.29. The summed E-state index contributed by atoms with van der Waals surface area (Å²) in [7, 11) is 0. The summed E-state index contributed by atoms with van der Waals surface area (Å²) in [4.78, 5) is 24.4. The van der Waals surface area contributed by atoms with Crippen molar-refractivity contribution in [3.05, 3.63) is 52.0 Å². The molecule has 0 spiro atoms. The van der Waals surface area contributed by atoms with Crippen molar-refractivity contribution in [3.63, 3.8) is 0 Å². The van der Waals surface area contributed by atoms with Crippen LogP contribution in [-0.2, 0) is 4.79 Å². The minimum absolute atomic E-state index is 0.0737. The molecule has 0 aliphatic carbocycles. The normalized spacial score (nSPS) is 10.2. The molecule has 0 saturated heterocycles. The van der Waals surface area contributed by atoms with Gasteiger partial charge < -0.3 is 15.4 Å². The summed E-state index contributed by atoms with van der Waals surface area (Å²) in [6.45, 7) is 6.16. The molecule has 0 radical (unpaired) electrons. The van der Waals surface area contributed by atoms with Crippen molar-refractivity contribution in [1.29, 1.82) is 0 Å². The molecule has 29 heavy (non-hydrogen) atoms. The fourth-order valence-electron chi connectivity index (χ4n) is 2.49. The minimum atomic E-state index is -0.372. The number of thiocarbonyl (C=S) groups is 1. The molecule has 0 bridgehead atoms. The van der Waals surface area contributed by atoms with Gasteiger partial charge in [0, 0.05) is 22.3 Å². The van der Waals surface area contributed by atoms with Crippen LogP contribution in [0.2, 0.25) is 0 Å². The first kappa shape index (κ1) is 22.8. The molecule has 0 heterocycles. The molecular weight excluding hydrogens is 454 g/mol. The smallest absolute Gasteiger partial charge is 0.261 e. The van der Waals surface area contributed by atoms with Crippen LogP contribution < -0.4 is 20.7 Å². The first-order chi connectivity index (χ1) is 13.8. The molecule has 2 aromatic rings. The highest BCUT2D eigenvalue weighted by atomic mass is 79.9. The van der Waals surface area contributed by atoms with Gasteiger partial charge in [-0.1, -0.05) is 35.8 Å². The number of nitrogens with one attached hydrogen (secondary N) is 3. The van der Waals surface area contributed by atoms with Crippen LogP contribution in [0.5, 0.6) is 5.75 Å². The maximum atomic E-state index is 12.7. The average Bonchev–Trinajstić information content (AvgIpc) is 2.69. The number of benzene rings is 2. The molecule has 2 amide bonds. The Kier molecular flexibility index (Phi) is 8.60. The van der Waals surface area contributed by atoms with Crippen molar-refractivity contribution >= 4 is 56.4 Å². The molecule has 0 fully saturated rings. The minimum Gasteiger partial charge on any atom is -0.493 e. The van der Waals surface area contributed by atoms with Gasteiger partial charge in [-0.15, -0.1) is 0 Å².